The van der Waals surface area contributed by atoms with Crippen LogP contribution in [0.2, 0.25) is 0 Å². The van der Waals surface area contributed by atoms with Crippen LogP contribution < -0.4 is 5.32 Å². The quantitative estimate of drug-likeness (QED) is 0.0832. The summed E-state index contributed by atoms with van der Waals surface area (Å²) in [6.07, 6.45) is 8.37. The van der Waals surface area contributed by atoms with Gasteiger partial charge in [-0.25, -0.2) is 19.6 Å². The minimum atomic E-state index is -1.16. The molecule has 15 heteroatoms. The van der Waals surface area contributed by atoms with Crippen molar-refractivity contribution in [2.75, 3.05) is 25.0 Å². The first-order chi connectivity index (χ1) is 29.5. The molecule has 4 saturated carbocycles. The van der Waals surface area contributed by atoms with E-state index >= 15 is 0 Å². The summed E-state index contributed by atoms with van der Waals surface area (Å²) in [6, 6.07) is 17.4. The molecule has 5 aliphatic rings. The normalized spacial score (nSPS) is 26.0. The predicted octanol–water partition coefficient (Wildman–Crippen LogP) is 8.88. The molecule has 4 fully saturated rings. The summed E-state index contributed by atoms with van der Waals surface area (Å²) in [5.41, 5.74) is 5.51. The number of carbonyl (C=O) groups excluding carboxylic acids is 1. The van der Waals surface area contributed by atoms with Gasteiger partial charge in [-0.05, 0) is 122 Å². The van der Waals surface area contributed by atoms with Crippen molar-refractivity contribution in [2.45, 2.75) is 103 Å². The van der Waals surface area contributed by atoms with Gasteiger partial charge in [0.05, 0.1) is 46.7 Å². The molecule has 3 unspecified atom stereocenters. The molecular weight excluding hydrogens is 809 g/mol. The first kappa shape index (κ1) is 41.7. The minimum absolute atomic E-state index is 0.0241. The number of carboxylic acid groups (broad SMARTS) is 3. The number of amides is 2. The predicted molar refractivity (Wildman–Crippen MR) is 233 cm³/mol. The fourth-order valence-electron chi connectivity index (χ4n) is 12.6. The van der Waals surface area contributed by atoms with E-state index in [0.29, 0.717) is 34.9 Å². The summed E-state index contributed by atoms with van der Waals surface area (Å²) in [7, 11) is 0. The number of hydrogen-bond acceptors (Lipinski definition) is 9. The number of nitrogens with one attached hydrogen (secondary N) is 1. The number of aromatic carboxylic acids is 1. The Morgan fingerprint density at radius 3 is 2.42 bits per heavy atom. The number of anilines is 1. The fraction of sp³-hybridized carbons (Fsp3) is 0.468. The summed E-state index contributed by atoms with van der Waals surface area (Å²) in [6.45, 7) is 7.46. The number of thiazole rings is 1. The molecule has 62 heavy (non-hydrogen) atoms. The van der Waals surface area contributed by atoms with E-state index in [1.807, 2.05) is 66.2 Å². The van der Waals surface area contributed by atoms with Gasteiger partial charge in [0.1, 0.15) is 0 Å². The third-order valence-corrected chi connectivity index (χ3v) is 14.8. The van der Waals surface area contributed by atoms with Crippen LogP contribution in [-0.4, -0.2) is 89.2 Å². The second-order valence-electron chi connectivity index (χ2n) is 19.2. The second-order valence-corrected chi connectivity index (χ2v) is 20.2. The van der Waals surface area contributed by atoms with Crippen LogP contribution in [0.1, 0.15) is 105 Å². The maximum Gasteiger partial charge on any atom is 0.407 e. The first-order valence-corrected chi connectivity index (χ1v) is 22.3. The Balaban J connectivity index is 0.947. The molecule has 2 aromatic carbocycles. The van der Waals surface area contributed by atoms with Crippen molar-refractivity contribution in [1.82, 2.24) is 24.6 Å². The highest BCUT2D eigenvalue weighted by molar-refractivity contribution is 7.22. The van der Waals surface area contributed by atoms with E-state index in [9.17, 15) is 29.4 Å². The van der Waals surface area contributed by atoms with E-state index in [4.69, 9.17) is 19.9 Å². The zero-order valence-corrected chi connectivity index (χ0v) is 36.1. The Kier molecular flexibility index (Phi) is 10.5. The third kappa shape index (κ3) is 7.96. The molecule has 324 valence electrons. The Morgan fingerprint density at radius 2 is 1.69 bits per heavy atom. The van der Waals surface area contributed by atoms with Gasteiger partial charge in [0.15, 0.2) is 10.8 Å². The van der Waals surface area contributed by atoms with E-state index in [-0.39, 0.29) is 59.9 Å². The molecule has 4 N–H and O–H groups in total. The van der Waals surface area contributed by atoms with Crippen LogP contribution in [-0.2, 0) is 27.3 Å². The van der Waals surface area contributed by atoms with Crippen LogP contribution in [0.4, 0.5) is 9.93 Å². The SMILES string of the molecule is Cc1c(-c2ccc(-c3ccc4c(c3)C(C(=O)Nc3nc5ccccc5s3)CCC4)nc2C(=O)O)cnn1CC12CC3(C)CC(C)(C1)CC(OCCN(CCC(=O)O)C(=O)O)(C3)C2. The van der Waals surface area contributed by atoms with Crippen molar-refractivity contribution in [3.63, 3.8) is 0 Å². The molecule has 0 spiro atoms. The highest BCUT2D eigenvalue weighted by Crippen LogP contribution is 2.72. The lowest BCUT2D eigenvalue weighted by Crippen LogP contribution is -2.64. The van der Waals surface area contributed by atoms with E-state index in [0.717, 1.165) is 88.9 Å². The zero-order valence-electron chi connectivity index (χ0n) is 35.3. The largest absolute Gasteiger partial charge is 0.481 e. The van der Waals surface area contributed by atoms with Gasteiger partial charge in [0.25, 0.3) is 0 Å². The second kappa shape index (κ2) is 15.6. The molecule has 3 heterocycles. The molecule has 2 amide bonds. The van der Waals surface area contributed by atoms with Crippen LogP contribution in [0, 0.1) is 23.2 Å². The van der Waals surface area contributed by atoms with Crippen molar-refractivity contribution in [1.29, 1.82) is 0 Å². The zero-order chi connectivity index (χ0) is 43.6. The summed E-state index contributed by atoms with van der Waals surface area (Å²) in [5.74, 6) is -2.68. The number of aliphatic carboxylic acids is 1. The van der Waals surface area contributed by atoms with Gasteiger partial charge in [-0.3, -0.25) is 14.3 Å². The Bertz CT molecular complexity index is 2570. The van der Waals surface area contributed by atoms with E-state index in [1.54, 1.807) is 6.20 Å². The maximum atomic E-state index is 13.7. The first-order valence-electron chi connectivity index (χ1n) is 21.4. The van der Waals surface area contributed by atoms with Crippen LogP contribution in [0.25, 0.3) is 32.6 Å². The lowest BCUT2D eigenvalue weighted by Gasteiger charge is -2.69. The van der Waals surface area contributed by atoms with Crippen LogP contribution >= 0.6 is 11.3 Å². The summed E-state index contributed by atoms with van der Waals surface area (Å²) in [5, 5.41) is 37.8. The molecule has 5 aliphatic carbocycles. The maximum absolute atomic E-state index is 13.7. The summed E-state index contributed by atoms with van der Waals surface area (Å²) in [4.78, 5) is 60.1. The lowest BCUT2D eigenvalue weighted by atomic mass is 9.39. The monoisotopic (exact) mass is 860 g/mol. The highest BCUT2D eigenvalue weighted by Gasteiger charge is 2.66. The average molecular weight is 861 g/mol. The number of benzene rings is 2. The van der Waals surface area contributed by atoms with Crippen LogP contribution in [0.3, 0.4) is 0 Å². The van der Waals surface area contributed by atoms with Crippen molar-refractivity contribution in [2.24, 2.45) is 16.2 Å². The van der Waals surface area contributed by atoms with Gasteiger partial charge >= 0.3 is 18.0 Å². The number of carbonyl (C=O) groups is 4. The fourth-order valence-corrected chi connectivity index (χ4v) is 13.5. The van der Waals surface area contributed by atoms with Gasteiger partial charge < -0.3 is 30.3 Å². The number of para-hydroxylation sites is 1. The minimum Gasteiger partial charge on any atom is -0.481 e. The van der Waals surface area contributed by atoms with Gasteiger partial charge in [0.2, 0.25) is 5.91 Å². The number of pyridine rings is 1. The molecule has 14 nitrogen and oxygen atoms in total. The number of aryl methyl sites for hydroxylation is 1. The number of aromatic nitrogens is 4. The van der Waals surface area contributed by atoms with Gasteiger partial charge in [-0.1, -0.05) is 49.4 Å². The molecule has 5 aromatic rings. The van der Waals surface area contributed by atoms with Crippen molar-refractivity contribution < 1.29 is 39.2 Å². The number of fused-ring (bicyclic) bond motifs is 2. The van der Waals surface area contributed by atoms with E-state index in [1.165, 1.54) is 11.3 Å². The van der Waals surface area contributed by atoms with Crippen molar-refractivity contribution in [3.05, 3.63) is 83.3 Å². The molecule has 10 rings (SSSR count). The molecule has 3 atom stereocenters. The highest BCUT2D eigenvalue weighted by atomic mass is 32.1. The average Bonchev–Trinajstić information content (AvgIpc) is 3.78. The smallest absolute Gasteiger partial charge is 0.407 e. The van der Waals surface area contributed by atoms with Crippen molar-refractivity contribution in [3.8, 4) is 22.4 Å². The molecule has 0 radical (unpaired) electrons. The number of nitrogens with zero attached hydrogens (tertiary/aromatic N) is 5. The Morgan fingerprint density at radius 1 is 0.919 bits per heavy atom. The van der Waals surface area contributed by atoms with Crippen LogP contribution in [0.5, 0.6) is 0 Å². The molecular formula is C47H52N6O8S. The van der Waals surface area contributed by atoms with Crippen LogP contribution in [0.15, 0.2) is 60.8 Å². The topological polar surface area (TPSA) is 197 Å². The van der Waals surface area contributed by atoms with Gasteiger partial charge in [-0.15, -0.1) is 0 Å². The summed E-state index contributed by atoms with van der Waals surface area (Å²) >= 11 is 1.45. The number of ether oxygens (including phenoxy) is 1. The van der Waals surface area contributed by atoms with E-state index in [2.05, 4.69) is 24.1 Å². The van der Waals surface area contributed by atoms with Crippen molar-refractivity contribution >= 4 is 50.6 Å². The molecule has 0 saturated heterocycles. The van der Waals surface area contributed by atoms with Gasteiger partial charge in [0, 0.05) is 42.0 Å². The summed E-state index contributed by atoms with van der Waals surface area (Å²) < 4.78 is 9.73. The number of carboxylic acids is 2. The standard InChI is InChI=1S/C47H52N6O8S/c1-28-34(20-48-53(28)27-46-22-44(2)21-45(3,23-46)25-47(24-44,26-46)61-18-17-52(43(59)60)16-15-38(54)55)31-13-14-35(49-39(31)41(57)58)30-12-11-29-7-6-8-32(33(29)19-30)40(56)51-42-50-36-9-4-5-10-37(36)62-42/h4-5,9-14,19-20,32H,6-8,15-18,21-27H2,1-3H3,(H,54,55)(H,57,58)(H,59,60)(H,50,51,56). The lowest BCUT2D eigenvalue weighted by molar-refractivity contribution is -0.248. The number of rotatable bonds is 14. The third-order valence-electron chi connectivity index (χ3n) is 13.9. The van der Waals surface area contributed by atoms with E-state index < -0.39 is 23.6 Å². The van der Waals surface area contributed by atoms with Gasteiger partial charge in [-0.2, -0.15) is 5.10 Å². The molecule has 4 bridgehead atoms. The Labute approximate surface area is 363 Å². The number of hydrogen-bond donors (Lipinski definition) is 4. The molecule has 3 aromatic heterocycles. The molecule has 0 aliphatic heterocycles. The Hall–Kier alpha value is -5.67.